The fraction of sp³-hybridized carbons (Fsp3) is 0.150. The van der Waals surface area contributed by atoms with Crippen LogP contribution in [0.2, 0.25) is 0 Å². The summed E-state index contributed by atoms with van der Waals surface area (Å²) in [6, 6.07) is 15.2. The molecular formula is C20H16O. The molecule has 0 saturated heterocycles. The summed E-state index contributed by atoms with van der Waals surface area (Å²) < 4.78 is 0. The van der Waals surface area contributed by atoms with Crippen LogP contribution in [0, 0.1) is 0 Å². The molecule has 0 bridgehead atoms. The van der Waals surface area contributed by atoms with Crippen molar-refractivity contribution in [3.63, 3.8) is 0 Å². The Hall–Kier alpha value is -2.41. The molecule has 0 N–H and O–H groups in total. The topological polar surface area (TPSA) is 17.1 Å². The van der Waals surface area contributed by atoms with Gasteiger partial charge in [0, 0.05) is 6.42 Å². The largest absolute Gasteiger partial charge is 0.294 e. The molecule has 0 radical (unpaired) electrons. The number of benzene rings is 3. The molecule has 21 heavy (non-hydrogen) atoms. The van der Waals surface area contributed by atoms with Crippen LogP contribution in [0.15, 0.2) is 42.5 Å². The summed E-state index contributed by atoms with van der Waals surface area (Å²) in [6.07, 6.45) is 5.36. The van der Waals surface area contributed by atoms with E-state index in [1.807, 2.05) is 6.08 Å². The minimum atomic E-state index is 0.192. The lowest BCUT2D eigenvalue weighted by atomic mass is 9.94. The van der Waals surface area contributed by atoms with Crippen LogP contribution in [0.1, 0.15) is 18.9 Å². The summed E-state index contributed by atoms with van der Waals surface area (Å²) in [5.41, 5.74) is 1.38. The van der Waals surface area contributed by atoms with Gasteiger partial charge in [-0.15, -0.1) is 0 Å². The molecule has 0 unspecified atom stereocenters. The van der Waals surface area contributed by atoms with E-state index >= 15 is 0 Å². The van der Waals surface area contributed by atoms with E-state index in [-0.39, 0.29) is 5.78 Å². The predicted octanol–water partition coefficient (Wildman–Crippen LogP) is 3.09. The smallest absolute Gasteiger partial charge is 0.160 e. The van der Waals surface area contributed by atoms with E-state index < -0.39 is 0 Å². The van der Waals surface area contributed by atoms with Crippen LogP contribution in [0.4, 0.5) is 0 Å². The SMILES string of the molecule is CCc1cccc2ccc3cc4c(cc3c12)=CCC(=O)C=4. The number of rotatable bonds is 1. The number of hydrogen-bond acceptors (Lipinski definition) is 1. The normalized spacial score (nSPS) is 13.9. The van der Waals surface area contributed by atoms with E-state index in [2.05, 4.69) is 49.4 Å². The number of ketones is 1. The molecule has 3 aromatic rings. The molecule has 102 valence electrons. The molecule has 1 nitrogen and oxygen atoms in total. The van der Waals surface area contributed by atoms with E-state index in [1.165, 1.54) is 32.3 Å². The van der Waals surface area contributed by atoms with Crippen LogP contribution in [-0.2, 0) is 11.2 Å². The standard InChI is InChI=1S/C20H16O/c1-2-13-4-3-5-14-6-7-16-10-17-11-18(21)9-8-15(17)12-19(16)20(13)14/h3-8,10-12H,2,9H2,1H3. The predicted molar refractivity (Wildman–Crippen MR) is 88.6 cm³/mol. The number of carbonyl (C=O) groups is 1. The highest BCUT2D eigenvalue weighted by Gasteiger charge is 2.07. The molecule has 4 rings (SSSR count). The average Bonchev–Trinajstić information content (AvgIpc) is 2.52. The summed E-state index contributed by atoms with van der Waals surface area (Å²) >= 11 is 0. The minimum absolute atomic E-state index is 0.192. The summed E-state index contributed by atoms with van der Waals surface area (Å²) in [5, 5.41) is 7.38. The van der Waals surface area contributed by atoms with Gasteiger partial charge in [-0.2, -0.15) is 0 Å². The molecule has 0 aromatic heterocycles. The molecule has 0 saturated carbocycles. The van der Waals surface area contributed by atoms with Crippen molar-refractivity contribution in [2.24, 2.45) is 0 Å². The molecule has 1 aliphatic carbocycles. The van der Waals surface area contributed by atoms with Crippen LogP contribution >= 0.6 is 0 Å². The zero-order valence-electron chi connectivity index (χ0n) is 12.0. The fourth-order valence-electron chi connectivity index (χ4n) is 3.31. The second kappa shape index (κ2) is 4.56. The van der Waals surface area contributed by atoms with E-state index in [9.17, 15) is 4.79 Å². The highest BCUT2D eigenvalue weighted by atomic mass is 16.1. The van der Waals surface area contributed by atoms with Gasteiger partial charge in [-0.05, 0) is 62.2 Å². The Labute approximate surface area is 123 Å². The number of carbonyl (C=O) groups excluding carboxylic acids is 1. The van der Waals surface area contributed by atoms with Crippen molar-refractivity contribution in [2.75, 3.05) is 0 Å². The van der Waals surface area contributed by atoms with Crippen LogP contribution < -0.4 is 10.4 Å². The summed E-state index contributed by atoms with van der Waals surface area (Å²) in [7, 11) is 0. The van der Waals surface area contributed by atoms with Crippen molar-refractivity contribution < 1.29 is 4.79 Å². The number of hydrogen-bond donors (Lipinski definition) is 0. The first-order chi connectivity index (χ1) is 10.3. The molecule has 0 heterocycles. The van der Waals surface area contributed by atoms with Crippen molar-refractivity contribution in [3.05, 3.63) is 58.5 Å². The molecule has 0 fully saturated rings. The maximum absolute atomic E-state index is 11.6. The van der Waals surface area contributed by atoms with Crippen molar-refractivity contribution in [2.45, 2.75) is 19.8 Å². The molecule has 1 heteroatoms. The zero-order chi connectivity index (χ0) is 14.4. The summed E-state index contributed by atoms with van der Waals surface area (Å²) in [6.45, 7) is 2.20. The molecule has 0 spiro atoms. The Morgan fingerprint density at radius 2 is 1.86 bits per heavy atom. The van der Waals surface area contributed by atoms with Crippen LogP contribution in [0.25, 0.3) is 33.7 Å². The third-order valence-corrected chi connectivity index (χ3v) is 4.37. The van der Waals surface area contributed by atoms with Gasteiger partial charge >= 0.3 is 0 Å². The van der Waals surface area contributed by atoms with Gasteiger partial charge in [-0.1, -0.05) is 43.3 Å². The van der Waals surface area contributed by atoms with E-state index in [0.29, 0.717) is 6.42 Å². The van der Waals surface area contributed by atoms with E-state index in [4.69, 9.17) is 0 Å². The van der Waals surface area contributed by atoms with Gasteiger partial charge in [-0.25, -0.2) is 0 Å². The first-order valence-electron chi connectivity index (χ1n) is 7.45. The second-order valence-corrected chi connectivity index (χ2v) is 5.66. The highest BCUT2D eigenvalue weighted by Crippen LogP contribution is 2.27. The molecule has 3 aromatic carbocycles. The summed E-state index contributed by atoms with van der Waals surface area (Å²) in [5.74, 6) is 0.192. The monoisotopic (exact) mass is 272 g/mol. The Kier molecular flexibility index (Phi) is 2.68. The number of fused-ring (bicyclic) bond motifs is 4. The Bertz CT molecular complexity index is 1010. The van der Waals surface area contributed by atoms with E-state index in [0.717, 1.165) is 11.6 Å². The first kappa shape index (κ1) is 12.3. The van der Waals surface area contributed by atoms with Crippen molar-refractivity contribution in [3.8, 4) is 0 Å². The van der Waals surface area contributed by atoms with Crippen LogP contribution in [0.3, 0.4) is 0 Å². The van der Waals surface area contributed by atoms with Gasteiger partial charge in [0.25, 0.3) is 0 Å². The lowest BCUT2D eigenvalue weighted by Gasteiger charge is -2.10. The van der Waals surface area contributed by atoms with Gasteiger partial charge in [0.2, 0.25) is 0 Å². The first-order valence-corrected chi connectivity index (χ1v) is 7.45. The lowest BCUT2D eigenvalue weighted by molar-refractivity contribution is -0.112. The lowest BCUT2D eigenvalue weighted by Crippen LogP contribution is -2.28. The van der Waals surface area contributed by atoms with Gasteiger partial charge in [-0.3, -0.25) is 4.79 Å². The molecular weight excluding hydrogens is 256 g/mol. The third kappa shape index (κ3) is 1.89. The highest BCUT2D eigenvalue weighted by molar-refractivity contribution is 6.12. The van der Waals surface area contributed by atoms with Gasteiger partial charge < -0.3 is 0 Å². The van der Waals surface area contributed by atoms with E-state index in [1.54, 1.807) is 6.08 Å². The van der Waals surface area contributed by atoms with Crippen molar-refractivity contribution in [1.82, 2.24) is 0 Å². The van der Waals surface area contributed by atoms with Crippen molar-refractivity contribution in [1.29, 1.82) is 0 Å². The van der Waals surface area contributed by atoms with Crippen LogP contribution in [-0.4, -0.2) is 5.78 Å². The molecule has 1 aliphatic rings. The van der Waals surface area contributed by atoms with Crippen LogP contribution in [0.5, 0.6) is 0 Å². The number of Topliss-reactive ketones (excluding diaryl/α,β-unsaturated/α-hetero) is 1. The third-order valence-electron chi connectivity index (χ3n) is 4.37. The number of aryl methyl sites for hydroxylation is 1. The Morgan fingerprint density at radius 3 is 2.71 bits per heavy atom. The Morgan fingerprint density at radius 1 is 1.00 bits per heavy atom. The minimum Gasteiger partial charge on any atom is -0.294 e. The summed E-state index contributed by atoms with van der Waals surface area (Å²) in [4.78, 5) is 11.6. The Balaban J connectivity index is 2.23. The molecule has 0 aliphatic heterocycles. The fourth-order valence-corrected chi connectivity index (χ4v) is 3.31. The zero-order valence-corrected chi connectivity index (χ0v) is 12.0. The maximum Gasteiger partial charge on any atom is 0.160 e. The van der Waals surface area contributed by atoms with Gasteiger partial charge in [0.15, 0.2) is 5.78 Å². The second-order valence-electron chi connectivity index (χ2n) is 5.66. The maximum atomic E-state index is 11.6. The average molecular weight is 272 g/mol. The molecule has 0 amide bonds. The van der Waals surface area contributed by atoms with Gasteiger partial charge in [0.1, 0.15) is 0 Å². The van der Waals surface area contributed by atoms with Crippen molar-refractivity contribution >= 4 is 39.5 Å². The molecule has 0 atom stereocenters. The van der Waals surface area contributed by atoms with Gasteiger partial charge in [0.05, 0.1) is 0 Å². The quantitative estimate of drug-likeness (QED) is 0.622.